The van der Waals surface area contributed by atoms with Crippen molar-refractivity contribution in [3.05, 3.63) is 70.9 Å². The van der Waals surface area contributed by atoms with Crippen LogP contribution in [0.4, 0.5) is 13.2 Å². The number of hydrogen-bond acceptors (Lipinski definition) is 7. The summed E-state index contributed by atoms with van der Waals surface area (Å²) in [6.45, 7) is 0. The number of carbonyl (C=O) groups is 1. The molecule has 0 fully saturated rings. The number of methoxy groups -OCH3 is 1. The first-order valence-corrected chi connectivity index (χ1v) is 12.3. The molecule has 0 radical (unpaired) electrons. The van der Waals surface area contributed by atoms with Crippen molar-refractivity contribution in [2.45, 2.75) is 42.7 Å². The number of sulfone groups is 1. The Bertz CT molecular complexity index is 1300. The Labute approximate surface area is 199 Å². The minimum atomic E-state index is -5.08. The van der Waals surface area contributed by atoms with Gasteiger partial charge in [0.1, 0.15) is 5.75 Å². The first kappa shape index (κ1) is 26.2. The minimum Gasteiger partial charge on any atom is -0.497 e. The number of carboxylic acids is 1. The molecule has 1 aromatic heterocycles. The average molecular weight is 513 g/mol. The van der Waals surface area contributed by atoms with Crippen molar-refractivity contribution in [3.63, 3.8) is 0 Å². The van der Waals surface area contributed by atoms with E-state index in [0.717, 1.165) is 30.6 Å². The number of aryl methyl sites for hydroxylation is 1. The van der Waals surface area contributed by atoms with E-state index in [1.165, 1.54) is 17.4 Å². The maximum atomic E-state index is 11.7. The molecule has 35 heavy (non-hydrogen) atoms. The Kier molecular flexibility index (Phi) is 7.83. The second kappa shape index (κ2) is 10.5. The summed E-state index contributed by atoms with van der Waals surface area (Å²) in [4.78, 5) is 13.8. The van der Waals surface area contributed by atoms with Gasteiger partial charge >= 0.3 is 12.1 Å². The van der Waals surface area contributed by atoms with E-state index in [2.05, 4.69) is 22.3 Å². The van der Waals surface area contributed by atoms with E-state index >= 15 is 0 Å². The molecule has 3 aromatic rings. The normalized spacial score (nSPS) is 15.5. The van der Waals surface area contributed by atoms with Gasteiger partial charge in [0.2, 0.25) is 5.89 Å². The molecule has 0 spiro atoms. The highest BCUT2D eigenvalue weighted by Gasteiger charge is 2.38. The van der Waals surface area contributed by atoms with Crippen LogP contribution < -0.4 is 4.74 Å². The number of nitrogens with zero attached hydrogens (tertiary/aromatic N) is 2. The summed E-state index contributed by atoms with van der Waals surface area (Å²) in [7, 11) is -1.56. The molecular formula is C23H23F3N2O6S. The molecule has 188 valence electrons. The van der Waals surface area contributed by atoms with E-state index in [1.54, 1.807) is 25.3 Å². The summed E-state index contributed by atoms with van der Waals surface area (Å²) in [6, 6.07) is 13.0. The van der Waals surface area contributed by atoms with Crippen molar-refractivity contribution in [2.24, 2.45) is 0 Å². The summed E-state index contributed by atoms with van der Waals surface area (Å²) in [6.07, 6.45) is -0.677. The molecule has 1 atom stereocenters. The Morgan fingerprint density at radius 2 is 1.91 bits per heavy atom. The van der Waals surface area contributed by atoms with Gasteiger partial charge in [0.15, 0.2) is 15.7 Å². The predicted octanol–water partition coefficient (Wildman–Crippen LogP) is 3.98. The van der Waals surface area contributed by atoms with Gasteiger partial charge < -0.3 is 14.4 Å². The van der Waals surface area contributed by atoms with Crippen LogP contribution in [0.15, 0.2) is 51.9 Å². The highest BCUT2D eigenvalue weighted by molar-refractivity contribution is 7.90. The van der Waals surface area contributed by atoms with Gasteiger partial charge in [-0.2, -0.15) is 18.2 Å². The molecule has 1 unspecified atom stereocenters. The van der Waals surface area contributed by atoms with Gasteiger partial charge in [0.05, 0.1) is 12.0 Å². The Morgan fingerprint density at radius 1 is 1.20 bits per heavy atom. The highest BCUT2D eigenvalue weighted by atomic mass is 32.2. The van der Waals surface area contributed by atoms with E-state index in [-0.39, 0.29) is 5.92 Å². The fraction of sp³-hybridized carbons (Fsp3) is 0.348. The number of alkyl halides is 3. The van der Waals surface area contributed by atoms with Crippen molar-refractivity contribution in [3.8, 4) is 5.75 Å². The van der Waals surface area contributed by atoms with Gasteiger partial charge in [-0.15, -0.1) is 0 Å². The first-order chi connectivity index (χ1) is 16.4. The zero-order chi connectivity index (χ0) is 25.8. The molecule has 4 rings (SSSR count). The number of ether oxygens (including phenoxy) is 1. The van der Waals surface area contributed by atoms with Crippen molar-refractivity contribution in [1.82, 2.24) is 10.1 Å². The van der Waals surface area contributed by atoms with E-state index in [9.17, 15) is 21.6 Å². The molecule has 1 aliphatic rings. The number of aromatic nitrogens is 2. The number of benzene rings is 2. The van der Waals surface area contributed by atoms with Crippen LogP contribution in [0.1, 0.15) is 40.7 Å². The quantitative estimate of drug-likeness (QED) is 0.545. The third kappa shape index (κ3) is 7.04. The van der Waals surface area contributed by atoms with E-state index in [0.29, 0.717) is 23.0 Å². The monoisotopic (exact) mass is 512 g/mol. The van der Waals surface area contributed by atoms with E-state index in [4.69, 9.17) is 19.2 Å². The van der Waals surface area contributed by atoms with Crippen LogP contribution in [0, 0.1) is 0 Å². The molecule has 8 nitrogen and oxygen atoms in total. The third-order valence-electron chi connectivity index (χ3n) is 5.41. The molecule has 12 heteroatoms. The lowest BCUT2D eigenvalue weighted by Crippen LogP contribution is -2.21. The second-order valence-electron chi connectivity index (χ2n) is 8.02. The number of fused-ring (bicyclic) bond motifs is 1. The molecular weight excluding hydrogens is 489 g/mol. The van der Waals surface area contributed by atoms with Gasteiger partial charge in [-0.3, -0.25) is 0 Å². The fourth-order valence-electron chi connectivity index (χ4n) is 3.64. The maximum Gasteiger partial charge on any atom is 0.490 e. The molecule has 1 N–H and O–H groups in total. The molecule has 1 aliphatic carbocycles. The Morgan fingerprint density at radius 3 is 2.54 bits per heavy atom. The number of hydrogen-bond donors (Lipinski definition) is 1. The summed E-state index contributed by atoms with van der Waals surface area (Å²) >= 11 is 0. The summed E-state index contributed by atoms with van der Waals surface area (Å²) in [5.74, 6) is -0.456. The maximum absolute atomic E-state index is 11.7. The molecule has 0 saturated carbocycles. The van der Waals surface area contributed by atoms with Crippen LogP contribution >= 0.6 is 0 Å². The van der Waals surface area contributed by atoms with Crippen LogP contribution in [0.5, 0.6) is 5.75 Å². The zero-order valence-electron chi connectivity index (χ0n) is 18.9. The van der Waals surface area contributed by atoms with Crippen LogP contribution in [0.2, 0.25) is 0 Å². The lowest BCUT2D eigenvalue weighted by Gasteiger charge is -2.22. The van der Waals surface area contributed by atoms with E-state index in [1.807, 2.05) is 12.1 Å². The molecule has 2 aromatic carbocycles. The van der Waals surface area contributed by atoms with Crippen LogP contribution in [-0.4, -0.2) is 49.2 Å². The Hall–Kier alpha value is -3.41. The predicted molar refractivity (Wildman–Crippen MR) is 118 cm³/mol. The largest absolute Gasteiger partial charge is 0.497 e. The first-order valence-electron chi connectivity index (χ1n) is 10.4. The lowest BCUT2D eigenvalue weighted by molar-refractivity contribution is -0.192. The van der Waals surface area contributed by atoms with Crippen LogP contribution in [0.25, 0.3) is 0 Å². The zero-order valence-corrected chi connectivity index (χ0v) is 19.7. The molecule has 0 bridgehead atoms. The second-order valence-corrected chi connectivity index (χ2v) is 10.0. The van der Waals surface area contributed by atoms with Crippen LogP contribution in [-0.2, 0) is 33.9 Å². The summed E-state index contributed by atoms with van der Waals surface area (Å²) in [5.41, 5.74) is 3.45. The number of carboxylic acid groups (broad SMARTS) is 1. The van der Waals surface area contributed by atoms with Gasteiger partial charge in [0.25, 0.3) is 0 Å². The average Bonchev–Trinajstić information content (AvgIpc) is 3.26. The standard InChI is InChI=1S/C21H22N2O4S.C2HF3O2/c1-26-18-9-8-15-12-17(7-6-16(15)13-18)21-22-20(23-27-21)11-14-4-3-5-19(10-14)28(2,24)25;3-2(4,5)1(6)7/h3-5,8-10,13,17H,6-7,11-12H2,1-2H3;(H,6,7). The summed E-state index contributed by atoms with van der Waals surface area (Å²) in [5, 5.41) is 11.2. The topological polar surface area (TPSA) is 120 Å². The number of halogens is 3. The van der Waals surface area contributed by atoms with Gasteiger partial charge in [-0.25, -0.2) is 13.2 Å². The van der Waals surface area contributed by atoms with Gasteiger partial charge in [0, 0.05) is 18.6 Å². The molecule has 0 aliphatic heterocycles. The van der Waals surface area contributed by atoms with Gasteiger partial charge in [-0.1, -0.05) is 23.4 Å². The minimum absolute atomic E-state index is 0.199. The SMILES string of the molecule is COc1ccc2c(c1)CCC(c1nc(Cc3cccc(S(C)(=O)=O)c3)no1)C2.O=C(O)C(F)(F)F. The van der Waals surface area contributed by atoms with Gasteiger partial charge in [-0.05, 0) is 60.2 Å². The fourth-order valence-corrected chi connectivity index (χ4v) is 4.33. The summed E-state index contributed by atoms with van der Waals surface area (Å²) < 4.78 is 66.0. The molecule has 0 amide bonds. The van der Waals surface area contributed by atoms with Crippen molar-refractivity contribution >= 4 is 15.8 Å². The Balaban J connectivity index is 0.000000429. The molecule has 1 heterocycles. The van der Waals surface area contributed by atoms with Crippen molar-refractivity contribution < 1.29 is 40.8 Å². The molecule has 0 saturated heterocycles. The highest BCUT2D eigenvalue weighted by Crippen LogP contribution is 2.33. The van der Waals surface area contributed by atoms with Crippen molar-refractivity contribution in [2.75, 3.05) is 13.4 Å². The smallest absolute Gasteiger partial charge is 0.490 e. The lowest BCUT2D eigenvalue weighted by atomic mass is 9.84. The third-order valence-corrected chi connectivity index (χ3v) is 6.52. The van der Waals surface area contributed by atoms with E-state index < -0.39 is 22.0 Å². The van der Waals surface area contributed by atoms with Crippen LogP contribution in [0.3, 0.4) is 0 Å². The number of rotatable bonds is 5. The van der Waals surface area contributed by atoms with Crippen molar-refractivity contribution in [1.29, 1.82) is 0 Å². The number of aliphatic carboxylic acids is 1.